The van der Waals surface area contributed by atoms with Crippen LogP contribution in [0.5, 0.6) is 0 Å². The smallest absolute Gasteiger partial charge is 0.230 e. The minimum atomic E-state index is -0.338. The standard InChI is InChI=1S/C15H27N3O2/c1-13(19)17-8-10-18(11-9-17)14(20)15(12-16)6-4-2-3-5-7-15/h2-12,16H2,1H3. The van der Waals surface area contributed by atoms with Gasteiger partial charge in [-0.05, 0) is 12.8 Å². The summed E-state index contributed by atoms with van der Waals surface area (Å²) < 4.78 is 0. The van der Waals surface area contributed by atoms with Crippen LogP contribution in [0.4, 0.5) is 0 Å². The van der Waals surface area contributed by atoms with Gasteiger partial charge in [0.2, 0.25) is 11.8 Å². The van der Waals surface area contributed by atoms with E-state index in [9.17, 15) is 9.59 Å². The molecule has 0 atom stereocenters. The van der Waals surface area contributed by atoms with Crippen LogP contribution in [-0.2, 0) is 9.59 Å². The third-order valence-corrected chi connectivity index (χ3v) is 4.92. The number of amides is 2. The predicted molar refractivity (Wildman–Crippen MR) is 78.0 cm³/mol. The van der Waals surface area contributed by atoms with Gasteiger partial charge in [0.15, 0.2) is 0 Å². The first kappa shape index (κ1) is 15.3. The second-order valence-corrected chi connectivity index (χ2v) is 6.20. The summed E-state index contributed by atoms with van der Waals surface area (Å²) >= 11 is 0. The van der Waals surface area contributed by atoms with Crippen LogP contribution in [0, 0.1) is 5.41 Å². The van der Waals surface area contributed by atoms with E-state index in [-0.39, 0.29) is 17.2 Å². The van der Waals surface area contributed by atoms with Gasteiger partial charge in [0.25, 0.3) is 0 Å². The average molecular weight is 281 g/mol. The van der Waals surface area contributed by atoms with Gasteiger partial charge in [-0.15, -0.1) is 0 Å². The fourth-order valence-electron chi connectivity index (χ4n) is 3.47. The summed E-state index contributed by atoms with van der Waals surface area (Å²) in [5, 5.41) is 0. The van der Waals surface area contributed by atoms with Crippen molar-refractivity contribution in [1.29, 1.82) is 0 Å². The number of rotatable bonds is 2. The van der Waals surface area contributed by atoms with Crippen molar-refractivity contribution >= 4 is 11.8 Å². The first-order valence-electron chi connectivity index (χ1n) is 7.84. The Labute approximate surface area is 121 Å². The van der Waals surface area contributed by atoms with Crippen molar-refractivity contribution in [1.82, 2.24) is 9.80 Å². The van der Waals surface area contributed by atoms with Crippen molar-refractivity contribution in [2.75, 3.05) is 32.7 Å². The number of hydrogen-bond donors (Lipinski definition) is 1. The molecule has 1 aliphatic heterocycles. The van der Waals surface area contributed by atoms with Gasteiger partial charge in [0.05, 0.1) is 5.41 Å². The lowest BCUT2D eigenvalue weighted by atomic mass is 9.79. The molecule has 0 spiro atoms. The molecule has 114 valence electrons. The molecule has 5 heteroatoms. The van der Waals surface area contributed by atoms with Crippen LogP contribution in [0.3, 0.4) is 0 Å². The maximum atomic E-state index is 12.9. The fraction of sp³-hybridized carbons (Fsp3) is 0.867. The van der Waals surface area contributed by atoms with Crippen LogP contribution in [0.25, 0.3) is 0 Å². The average Bonchev–Trinajstić information content (AvgIpc) is 2.73. The Hall–Kier alpha value is -1.10. The van der Waals surface area contributed by atoms with Crippen molar-refractivity contribution in [2.45, 2.75) is 45.4 Å². The van der Waals surface area contributed by atoms with Gasteiger partial charge in [0.1, 0.15) is 0 Å². The van der Waals surface area contributed by atoms with E-state index in [0.29, 0.717) is 32.7 Å². The quantitative estimate of drug-likeness (QED) is 0.767. The molecule has 0 aromatic rings. The molecule has 20 heavy (non-hydrogen) atoms. The largest absolute Gasteiger partial charge is 0.339 e. The van der Waals surface area contributed by atoms with Crippen LogP contribution in [0.2, 0.25) is 0 Å². The zero-order valence-corrected chi connectivity index (χ0v) is 12.6. The number of carbonyl (C=O) groups is 2. The van der Waals surface area contributed by atoms with Gasteiger partial charge in [0, 0.05) is 39.6 Å². The summed E-state index contributed by atoms with van der Waals surface area (Å²) in [6.07, 6.45) is 6.50. The lowest BCUT2D eigenvalue weighted by Crippen LogP contribution is -2.55. The van der Waals surface area contributed by atoms with E-state index in [1.54, 1.807) is 6.92 Å². The summed E-state index contributed by atoms with van der Waals surface area (Å²) in [5.74, 6) is 0.324. The highest BCUT2D eigenvalue weighted by Crippen LogP contribution is 2.36. The van der Waals surface area contributed by atoms with E-state index < -0.39 is 0 Å². The Morgan fingerprint density at radius 1 is 0.950 bits per heavy atom. The lowest BCUT2D eigenvalue weighted by Gasteiger charge is -2.40. The van der Waals surface area contributed by atoms with Crippen molar-refractivity contribution < 1.29 is 9.59 Å². The maximum absolute atomic E-state index is 12.9. The van der Waals surface area contributed by atoms with E-state index >= 15 is 0 Å². The number of hydrogen-bond acceptors (Lipinski definition) is 3. The van der Waals surface area contributed by atoms with E-state index in [2.05, 4.69) is 0 Å². The first-order chi connectivity index (χ1) is 9.59. The Morgan fingerprint density at radius 3 is 1.90 bits per heavy atom. The topological polar surface area (TPSA) is 66.6 Å². The Morgan fingerprint density at radius 2 is 1.45 bits per heavy atom. The first-order valence-corrected chi connectivity index (χ1v) is 7.84. The van der Waals surface area contributed by atoms with Crippen LogP contribution in [-0.4, -0.2) is 54.3 Å². The number of piperazine rings is 1. The monoisotopic (exact) mass is 281 g/mol. The summed E-state index contributed by atoms with van der Waals surface area (Å²) in [6, 6.07) is 0. The minimum Gasteiger partial charge on any atom is -0.339 e. The van der Waals surface area contributed by atoms with Gasteiger partial charge < -0.3 is 15.5 Å². The van der Waals surface area contributed by atoms with Crippen molar-refractivity contribution in [3.05, 3.63) is 0 Å². The second-order valence-electron chi connectivity index (χ2n) is 6.20. The van der Waals surface area contributed by atoms with Crippen LogP contribution in [0.15, 0.2) is 0 Å². The lowest BCUT2D eigenvalue weighted by molar-refractivity contribution is -0.147. The molecule has 2 aliphatic rings. The SMILES string of the molecule is CC(=O)N1CCN(C(=O)C2(CN)CCCCCC2)CC1. The van der Waals surface area contributed by atoms with Crippen LogP contribution >= 0.6 is 0 Å². The number of nitrogens with two attached hydrogens (primary N) is 1. The summed E-state index contributed by atoms with van der Waals surface area (Å²) in [7, 11) is 0. The molecule has 0 bridgehead atoms. The number of carbonyl (C=O) groups excluding carboxylic acids is 2. The Bertz CT molecular complexity index is 354. The molecular weight excluding hydrogens is 254 g/mol. The molecular formula is C15H27N3O2. The summed E-state index contributed by atoms with van der Waals surface area (Å²) in [6.45, 7) is 4.66. The molecule has 1 aliphatic carbocycles. The Kier molecular flexibility index (Phi) is 5.02. The molecule has 2 amide bonds. The molecule has 1 saturated carbocycles. The maximum Gasteiger partial charge on any atom is 0.230 e. The summed E-state index contributed by atoms with van der Waals surface area (Å²) in [4.78, 5) is 28.0. The molecule has 0 aromatic carbocycles. The van der Waals surface area contributed by atoms with E-state index in [1.807, 2.05) is 9.80 Å². The predicted octanol–water partition coefficient (Wildman–Crippen LogP) is 0.976. The van der Waals surface area contributed by atoms with Gasteiger partial charge >= 0.3 is 0 Å². The van der Waals surface area contributed by atoms with Crippen molar-refractivity contribution in [3.63, 3.8) is 0 Å². The van der Waals surface area contributed by atoms with Gasteiger partial charge in [-0.1, -0.05) is 25.7 Å². The van der Waals surface area contributed by atoms with Crippen molar-refractivity contribution in [3.8, 4) is 0 Å². The van der Waals surface area contributed by atoms with Crippen molar-refractivity contribution in [2.24, 2.45) is 11.1 Å². The molecule has 2 fully saturated rings. The van der Waals surface area contributed by atoms with Crippen LogP contribution in [0.1, 0.15) is 45.4 Å². The molecule has 1 saturated heterocycles. The molecule has 0 unspecified atom stereocenters. The van der Waals surface area contributed by atoms with E-state index in [0.717, 1.165) is 25.7 Å². The van der Waals surface area contributed by atoms with Gasteiger partial charge in [-0.2, -0.15) is 0 Å². The molecule has 2 rings (SSSR count). The third-order valence-electron chi connectivity index (χ3n) is 4.92. The molecule has 0 radical (unpaired) electrons. The zero-order chi connectivity index (χ0) is 14.6. The zero-order valence-electron chi connectivity index (χ0n) is 12.6. The molecule has 1 heterocycles. The highest BCUT2D eigenvalue weighted by molar-refractivity contribution is 5.83. The molecule has 5 nitrogen and oxygen atoms in total. The Balaban J connectivity index is 2.00. The van der Waals surface area contributed by atoms with E-state index in [4.69, 9.17) is 5.73 Å². The highest BCUT2D eigenvalue weighted by Gasteiger charge is 2.40. The fourth-order valence-corrected chi connectivity index (χ4v) is 3.47. The highest BCUT2D eigenvalue weighted by atomic mass is 16.2. The summed E-state index contributed by atoms with van der Waals surface area (Å²) in [5.41, 5.74) is 5.64. The minimum absolute atomic E-state index is 0.0973. The molecule has 2 N–H and O–H groups in total. The van der Waals surface area contributed by atoms with Gasteiger partial charge in [-0.3, -0.25) is 9.59 Å². The second kappa shape index (κ2) is 6.57. The molecule has 0 aromatic heterocycles. The third kappa shape index (κ3) is 3.14. The normalized spacial score (nSPS) is 23.3. The number of nitrogens with zero attached hydrogens (tertiary/aromatic N) is 2. The van der Waals surface area contributed by atoms with E-state index in [1.165, 1.54) is 12.8 Å². The van der Waals surface area contributed by atoms with Crippen LogP contribution < -0.4 is 5.73 Å². The van der Waals surface area contributed by atoms with Gasteiger partial charge in [-0.25, -0.2) is 0 Å².